The quantitative estimate of drug-likeness (QED) is 0.834. The number of nitrogens with zero attached hydrogens (tertiary/aromatic N) is 1. The molecule has 0 spiro atoms. The van der Waals surface area contributed by atoms with Gasteiger partial charge in [0.2, 0.25) is 0 Å². The third-order valence-electron chi connectivity index (χ3n) is 2.52. The van der Waals surface area contributed by atoms with Gasteiger partial charge in [0.25, 0.3) is 0 Å². The van der Waals surface area contributed by atoms with Gasteiger partial charge >= 0.3 is 0 Å². The number of hydrogen-bond acceptors (Lipinski definition) is 3. The van der Waals surface area contributed by atoms with E-state index in [0.29, 0.717) is 11.3 Å². The van der Waals surface area contributed by atoms with Crippen molar-refractivity contribution in [2.24, 2.45) is 5.73 Å². The van der Waals surface area contributed by atoms with Crippen LogP contribution in [-0.4, -0.2) is 9.97 Å². The maximum absolute atomic E-state index is 13.2. The van der Waals surface area contributed by atoms with Crippen molar-refractivity contribution in [1.29, 1.82) is 0 Å². The summed E-state index contributed by atoms with van der Waals surface area (Å²) in [6.07, 6.45) is 1.71. The summed E-state index contributed by atoms with van der Waals surface area (Å²) < 4.78 is 13.2. The number of anilines is 2. The Morgan fingerprint density at radius 3 is 2.78 bits per heavy atom. The molecule has 1 heterocycles. The molecule has 0 saturated heterocycles. The van der Waals surface area contributed by atoms with Gasteiger partial charge in [0.15, 0.2) is 0 Å². The smallest absolute Gasteiger partial charge is 0.124 e. The number of halogens is 1. The molecule has 3 nitrogen and oxygen atoms in total. The van der Waals surface area contributed by atoms with Crippen LogP contribution in [0.1, 0.15) is 11.3 Å². The third-order valence-corrected chi connectivity index (χ3v) is 2.74. The van der Waals surface area contributed by atoms with E-state index in [0.717, 1.165) is 11.4 Å². The Morgan fingerprint density at radius 2 is 2.11 bits per heavy atom. The number of nitrogens with one attached hydrogen (secondary N) is 1. The summed E-state index contributed by atoms with van der Waals surface area (Å²) in [5.74, 6) is -0.369. The molecular weight excluding hydrogens is 249 g/mol. The second kappa shape index (κ2) is 5.10. The van der Waals surface area contributed by atoms with E-state index in [2.05, 4.69) is 10.3 Å². The van der Waals surface area contributed by atoms with Crippen LogP contribution in [0.4, 0.5) is 15.8 Å². The first kappa shape index (κ1) is 12.4. The number of nitrogens with two attached hydrogens (primary N) is 1. The van der Waals surface area contributed by atoms with Gasteiger partial charge < -0.3 is 11.1 Å². The van der Waals surface area contributed by atoms with Crippen LogP contribution in [-0.2, 0) is 0 Å². The normalized spacial score (nSPS) is 10.1. The molecule has 92 valence electrons. The van der Waals surface area contributed by atoms with Crippen LogP contribution in [0.25, 0.3) is 0 Å². The maximum atomic E-state index is 13.2. The summed E-state index contributed by atoms with van der Waals surface area (Å²) in [6, 6.07) is 7.98. The van der Waals surface area contributed by atoms with Crippen LogP contribution in [0, 0.1) is 12.7 Å². The van der Waals surface area contributed by atoms with Gasteiger partial charge in [-0.25, -0.2) is 4.39 Å². The summed E-state index contributed by atoms with van der Waals surface area (Å²) in [5.41, 5.74) is 8.41. The fraction of sp³-hybridized carbons (Fsp3) is 0.0769. The van der Waals surface area contributed by atoms with Crippen LogP contribution < -0.4 is 11.1 Å². The van der Waals surface area contributed by atoms with Crippen molar-refractivity contribution < 1.29 is 4.39 Å². The lowest BCUT2D eigenvalue weighted by Crippen LogP contribution is -2.12. The lowest BCUT2D eigenvalue weighted by molar-refractivity contribution is 0.628. The van der Waals surface area contributed by atoms with E-state index in [1.807, 2.05) is 19.1 Å². The second-order valence-corrected chi connectivity index (χ2v) is 4.26. The highest BCUT2D eigenvalue weighted by Crippen LogP contribution is 2.23. The Morgan fingerprint density at radius 1 is 1.33 bits per heavy atom. The molecule has 5 heteroatoms. The van der Waals surface area contributed by atoms with Crippen molar-refractivity contribution in [2.45, 2.75) is 6.92 Å². The minimum absolute atomic E-state index is 0.151. The van der Waals surface area contributed by atoms with Gasteiger partial charge in [0.1, 0.15) is 10.8 Å². The van der Waals surface area contributed by atoms with Crippen LogP contribution >= 0.6 is 12.2 Å². The number of benzene rings is 1. The van der Waals surface area contributed by atoms with Gasteiger partial charge in [0, 0.05) is 17.4 Å². The highest BCUT2D eigenvalue weighted by molar-refractivity contribution is 7.80. The Bertz CT molecular complexity index is 599. The predicted octanol–water partition coefficient (Wildman–Crippen LogP) is 2.91. The molecule has 0 aliphatic carbocycles. The van der Waals surface area contributed by atoms with Crippen LogP contribution in [0.5, 0.6) is 0 Å². The first-order valence-electron chi connectivity index (χ1n) is 5.36. The van der Waals surface area contributed by atoms with Crippen molar-refractivity contribution in [1.82, 2.24) is 4.98 Å². The number of rotatable bonds is 3. The van der Waals surface area contributed by atoms with E-state index in [-0.39, 0.29) is 10.8 Å². The average molecular weight is 261 g/mol. The summed E-state index contributed by atoms with van der Waals surface area (Å²) >= 11 is 4.91. The topological polar surface area (TPSA) is 50.9 Å². The zero-order valence-electron chi connectivity index (χ0n) is 9.77. The Labute approximate surface area is 110 Å². The molecular formula is C13H12FN3S. The molecule has 0 unspecified atom stereocenters. The van der Waals surface area contributed by atoms with Gasteiger partial charge in [0.05, 0.1) is 11.4 Å². The Hall–Kier alpha value is -2.01. The fourth-order valence-electron chi connectivity index (χ4n) is 1.59. The monoisotopic (exact) mass is 261 g/mol. The standard InChI is InChI=1S/C13H12FN3S/c1-8-11(3-2-6-16-8)17-12-5-4-9(14)7-10(12)13(15)18/h2-7,17H,1H3,(H2,15,18). The van der Waals surface area contributed by atoms with Gasteiger partial charge in [-0.15, -0.1) is 0 Å². The zero-order valence-corrected chi connectivity index (χ0v) is 10.6. The van der Waals surface area contributed by atoms with Crippen molar-refractivity contribution in [2.75, 3.05) is 5.32 Å². The van der Waals surface area contributed by atoms with Crippen LogP contribution in [0.3, 0.4) is 0 Å². The first-order valence-corrected chi connectivity index (χ1v) is 5.77. The minimum atomic E-state index is -0.369. The summed E-state index contributed by atoms with van der Waals surface area (Å²) in [6.45, 7) is 1.88. The van der Waals surface area contributed by atoms with Gasteiger partial charge in [-0.3, -0.25) is 4.98 Å². The molecule has 0 radical (unpaired) electrons. The van der Waals surface area contributed by atoms with Gasteiger partial charge in [-0.2, -0.15) is 0 Å². The molecule has 0 aliphatic heterocycles. The molecule has 1 aromatic heterocycles. The molecule has 0 atom stereocenters. The molecule has 0 fully saturated rings. The lowest BCUT2D eigenvalue weighted by Gasteiger charge is -2.12. The van der Waals surface area contributed by atoms with E-state index < -0.39 is 0 Å². The number of hydrogen-bond donors (Lipinski definition) is 2. The van der Waals surface area contributed by atoms with Crippen molar-refractivity contribution >= 4 is 28.6 Å². The lowest BCUT2D eigenvalue weighted by atomic mass is 10.1. The number of thiocarbonyl (C=S) groups is 1. The van der Waals surface area contributed by atoms with E-state index in [1.54, 1.807) is 12.3 Å². The number of aromatic nitrogens is 1. The highest BCUT2D eigenvalue weighted by atomic mass is 32.1. The zero-order chi connectivity index (χ0) is 13.1. The third kappa shape index (κ3) is 2.62. The van der Waals surface area contributed by atoms with Gasteiger partial charge in [-0.1, -0.05) is 12.2 Å². The van der Waals surface area contributed by atoms with E-state index in [4.69, 9.17) is 18.0 Å². The number of aryl methyl sites for hydroxylation is 1. The average Bonchev–Trinajstić information content (AvgIpc) is 2.34. The molecule has 2 rings (SSSR count). The Balaban J connectivity index is 2.41. The van der Waals surface area contributed by atoms with Crippen molar-refractivity contribution in [3.63, 3.8) is 0 Å². The molecule has 2 aromatic rings. The molecule has 0 aliphatic rings. The first-order chi connectivity index (χ1) is 8.58. The molecule has 3 N–H and O–H groups in total. The Kier molecular flexibility index (Phi) is 3.53. The minimum Gasteiger partial charge on any atom is -0.389 e. The molecule has 0 bridgehead atoms. The summed E-state index contributed by atoms with van der Waals surface area (Å²) in [7, 11) is 0. The van der Waals surface area contributed by atoms with E-state index in [1.165, 1.54) is 12.1 Å². The fourth-order valence-corrected chi connectivity index (χ4v) is 1.76. The summed E-state index contributed by atoms with van der Waals surface area (Å²) in [5, 5.41) is 3.15. The van der Waals surface area contributed by atoms with Crippen LogP contribution in [0.15, 0.2) is 36.5 Å². The van der Waals surface area contributed by atoms with Crippen molar-refractivity contribution in [3.8, 4) is 0 Å². The van der Waals surface area contributed by atoms with E-state index in [9.17, 15) is 4.39 Å². The number of pyridine rings is 1. The predicted molar refractivity (Wildman–Crippen MR) is 74.5 cm³/mol. The van der Waals surface area contributed by atoms with Crippen LogP contribution in [0.2, 0.25) is 0 Å². The molecule has 18 heavy (non-hydrogen) atoms. The second-order valence-electron chi connectivity index (χ2n) is 3.82. The molecule has 0 saturated carbocycles. The maximum Gasteiger partial charge on any atom is 0.124 e. The largest absolute Gasteiger partial charge is 0.389 e. The summed E-state index contributed by atoms with van der Waals surface area (Å²) in [4.78, 5) is 4.32. The molecule has 0 amide bonds. The SMILES string of the molecule is Cc1ncccc1Nc1ccc(F)cc1C(N)=S. The van der Waals surface area contributed by atoms with E-state index >= 15 is 0 Å². The molecule has 1 aromatic carbocycles. The van der Waals surface area contributed by atoms with Crippen molar-refractivity contribution in [3.05, 3.63) is 53.6 Å². The highest BCUT2D eigenvalue weighted by Gasteiger charge is 2.08. The van der Waals surface area contributed by atoms with Gasteiger partial charge in [-0.05, 0) is 37.3 Å².